The molecule has 2 saturated heterocycles. The zero-order valence-electron chi connectivity index (χ0n) is 14.1. The van der Waals surface area contributed by atoms with Gasteiger partial charge in [0.25, 0.3) is 0 Å². The Morgan fingerprint density at radius 2 is 1.85 bits per heavy atom. The van der Waals surface area contributed by atoms with Gasteiger partial charge in [-0.1, -0.05) is 0 Å². The molecule has 0 bridgehead atoms. The van der Waals surface area contributed by atoms with Crippen LogP contribution in [0.4, 0.5) is 0 Å². The van der Waals surface area contributed by atoms with E-state index in [1.54, 1.807) is 0 Å². The van der Waals surface area contributed by atoms with Crippen molar-refractivity contribution in [2.75, 3.05) is 32.7 Å². The zero-order chi connectivity index (χ0) is 14.6. The molecule has 2 heterocycles. The summed E-state index contributed by atoms with van der Waals surface area (Å²) in [7, 11) is 0. The fraction of sp³-hybridized carbons (Fsp3) is 1.00. The molecule has 20 heavy (non-hydrogen) atoms. The van der Waals surface area contributed by atoms with Gasteiger partial charge in [0.1, 0.15) is 0 Å². The molecule has 2 fully saturated rings. The van der Waals surface area contributed by atoms with E-state index in [0.717, 1.165) is 18.6 Å². The van der Waals surface area contributed by atoms with E-state index in [1.165, 1.54) is 58.3 Å². The summed E-state index contributed by atoms with van der Waals surface area (Å²) in [6, 6.07) is 1.61. The van der Waals surface area contributed by atoms with Crippen LogP contribution in [-0.2, 0) is 0 Å². The van der Waals surface area contributed by atoms with Crippen LogP contribution in [0, 0.1) is 0 Å². The van der Waals surface area contributed by atoms with Crippen molar-refractivity contribution in [3.63, 3.8) is 0 Å². The number of hydrogen-bond acceptors (Lipinski definition) is 3. The van der Waals surface area contributed by atoms with E-state index >= 15 is 0 Å². The minimum Gasteiger partial charge on any atom is -0.312 e. The lowest BCUT2D eigenvalue weighted by atomic mass is 10.1. The Balaban J connectivity index is 1.62. The maximum absolute atomic E-state index is 3.59. The molecule has 0 aromatic heterocycles. The Morgan fingerprint density at radius 3 is 2.50 bits per heavy atom. The number of nitrogens with one attached hydrogen (secondary N) is 1. The molecule has 2 unspecified atom stereocenters. The third-order valence-electron chi connectivity index (χ3n) is 4.93. The maximum atomic E-state index is 3.59. The Morgan fingerprint density at radius 1 is 1.15 bits per heavy atom. The van der Waals surface area contributed by atoms with Crippen LogP contribution in [0.15, 0.2) is 0 Å². The van der Waals surface area contributed by atoms with Crippen molar-refractivity contribution in [3.05, 3.63) is 0 Å². The molecule has 0 radical (unpaired) electrons. The molecule has 0 aromatic rings. The Labute approximate surface area is 126 Å². The van der Waals surface area contributed by atoms with Gasteiger partial charge >= 0.3 is 0 Å². The standard InChI is InChI=1S/C17H35N3/c1-15(8-7-10-18-17(2,3)4)20-13-9-16(14-20)19-11-5-6-12-19/h15-16,18H,5-14H2,1-4H3. The van der Waals surface area contributed by atoms with Crippen LogP contribution in [0.3, 0.4) is 0 Å². The van der Waals surface area contributed by atoms with Gasteiger partial charge in [-0.25, -0.2) is 0 Å². The summed E-state index contributed by atoms with van der Waals surface area (Å²) in [4.78, 5) is 5.45. The third-order valence-corrected chi connectivity index (χ3v) is 4.93. The van der Waals surface area contributed by atoms with Gasteiger partial charge in [-0.3, -0.25) is 9.80 Å². The number of hydrogen-bond donors (Lipinski definition) is 1. The fourth-order valence-corrected chi connectivity index (χ4v) is 3.62. The van der Waals surface area contributed by atoms with Crippen molar-refractivity contribution in [2.45, 2.75) is 77.4 Å². The molecule has 0 aliphatic carbocycles. The van der Waals surface area contributed by atoms with Crippen LogP contribution in [0.2, 0.25) is 0 Å². The molecule has 1 N–H and O–H groups in total. The average Bonchev–Trinajstić information content (AvgIpc) is 3.02. The molecular formula is C17H35N3. The van der Waals surface area contributed by atoms with Crippen LogP contribution < -0.4 is 5.32 Å². The van der Waals surface area contributed by atoms with Crippen LogP contribution in [0.25, 0.3) is 0 Å². The van der Waals surface area contributed by atoms with E-state index in [-0.39, 0.29) is 5.54 Å². The largest absolute Gasteiger partial charge is 0.312 e. The van der Waals surface area contributed by atoms with Crippen molar-refractivity contribution in [3.8, 4) is 0 Å². The van der Waals surface area contributed by atoms with Gasteiger partial charge in [-0.15, -0.1) is 0 Å². The fourth-order valence-electron chi connectivity index (χ4n) is 3.62. The Bertz CT molecular complexity index is 278. The van der Waals surface area contributed by atoms with Gasteiger partial charge < -0.3 is 5.32 Å². The molecule has 0 saturated carbocycles. The van der Waals surface area contributed by atoms with Crippen LogP contribution in [0.5, 0.6) is 0 Å². The third kappa shape index (κ3) is 5.01. The van der Waals surface area contributed by atoms with Gasteiger partial charge in [0.15, 0.2) is 0 Å². The van der Waals surface area contributed by atoms with Gasteiger partial charge in [0.05, 0.1) is 0 Å². The van der Waals surface area contributed by atoms with Crippen molar-refractivity contribution in [2.24, 2.45) is 0 Å². The lowest BCUT2D eigenvalue weighted by Crippen LogP contribution is -2.39. The smallest absolute Gasteiger partial charge is 0.0235 e. The molecule has 2 aliphatic rings. The molecule has 118 valence electrons. The van der Waals surface area contributed by atoms with E-state index in [0.29, 0.717) is 0 Å². The first-order valence-corrected chi connectivity index (χ1v) is 8.69. The van der Waals surface area contributed by atoms with E-state index in [1.807, 2.05) is 0 Å². The first-order valence-electron chi connectivity index (χ1n) is 8.69. The van der Waals surface area contributed by atoms with Gasteiger partial charge in [-0.05, 0) is 79.4 Å². The quantitative estimate of drug-likeness (QED) is 0.755. The summed E-state index contributed by atoms with van der Waals surface area (Å²) in [6.45, 7) is 15.6. The molecule has 3 nitrogen and oxygen atoms in total. The van der Waals surface area contributed by atoms with Crippen LogP contribution in [0.1, 0.15) is 59.8 Å². The van der Waals surface area contributed by atoms with Crippen LogP contribution in [-0.4, -0.2) is 60.1 Å². The summed E-state index contributed by atoms with van der Waals surface area (Å²) < 4.78 is 0. The van der Waals surface area contributed by atoms with E-state index in [4.69, 9.17) is 0 Å². The Kier molecular flexibility index (Phi) is 5.88. The van der Waals surface area contributed by atoms with Crippen molar-refractivity contribution in [1.29, 1.82) is 0 Å². The van der Waals surface area contributed by atoms with Gasteiger partial charge in [0, 0.05) is 30.7 Å². The second kappa shape index (κ2) is 7.24. The molecule has 0 aromatic carbocycles. The van der Waals surface area contributed by atoms with Gasteiger partial charge in [0.2, 0.25) is 0 Å². The molecule has 0 spiro atoms. The average molecular weight is 281 g/mol. The summed E-state index contributed by atoms with van der Waals surface area (Å²) in [5, 5.41) is 3.59. The second-order valence-electron chi connectivity index (χ2n) is 7.85. The minimum atomic E-state index is 0.262. The molecular weight excluding hydrogens is 246 g/mol. The van der Waals surface area contributed by atoms with Crippen LogP contribution >= 0.6 is 0 Å². The predicted molar refractivity (Wildman–Crippen MR) is 87.2 cm³/mol. The molecule has 2 aliphatic heterocycles. The summed E-state index contributed by atoms with van der Waals surface area (Å²) >= 11 is 0. The van der Waals surface area contributed by atoms with E-state index in [2.05, 4.69) is 42.8 Å². The second-order valence-corrected chi connectivity index (χ2v) is 7.85. The number of nitrogens with zero attached hydrogens (tertiary/aromatic N) is 2. The van der Waals surface area contributed by atoms with E-state index in [9.17, 15) is 0 Å². The van der Waals surface area contributed by atoms with Crippen molar-refractivity contribution < 1.29 is 0 Å². The number of rotatable bonds is 6. The topological polar surface area (TPSA) is 18.5 Å². The SMILES string of the molecule is CC(CCCNC(C)(C)C)N1CCC(N2CCCC2)C1. The highest BCUT2D eigenvalue weighted by molar-refractivity contribution is 4.87. The molecule has 2 atom stereocenters. The first kappa shape index (κ1) is 16.3. The summed E-state index contributed by atoms with van der Waals surface area (Å²) in [5.41, 5.74) is 0.262. The monoisotopic (exact) mass is 281 g/mol. The minimum absolute atomic E-state index is 0.262. The summed E-state index contributed by atoms with van der Waals surface area (Å²) in [6.07, 6.45) is 6.86. The predicted octanol–water partition coefficient (Wildman–Crippen LogP) is 2.71. The molecule has 3 heteroatoms. The van der Waals surface area contributed by atoms with Gasteiger partial charge in [-0.2, -0.15) is 0 Å². The normalized spacial score (nSPS) is 27.3. The van der Waals surface area contributed by atoms with Crippen molar-refractivity contribution in [1.82, 2.24) is 15.1 Å². The van der Waals surface area contributed by atoms with E-state index < -0.39 is 0 Å². The first-order chi connectivity index (χ1) is 9.46. The number of likely N-dealkylation sites (tertiary alicyclic amines) is 2. The Hall–Kier alpha value is -0.120. The molecule has 0 amide bonds. The highest BCUT2D eigenvalue weighted by Crippen LogP contribution is 2.22. The highest BCUT2D eigenvalue weighted by Gasteiger charge is 2.30. The molecule has 2 rings (SSSR count). The lowest BCUT2D eigenvalue weighted by Gasteiger charge is -2.27. The summed E-state index contributed by atoms with van der Waals surface area (Å²) in [5.74, 6) is 0. The maximum Gasteiger partial charge on any atom is 0.0235 e. The highest BCUT2D eigenvalue weighted by atomic mass is 15.3. The lowest BCUT2D eigenvalue weighted by molar-refractivity contribution is 0.199. The zero-order valence-corrected chi connectivity index (χ0v) is 14.1. The van der Waals surface area contributed by atoms with Crippen molar-refractivity contribution >= 4 is 0 Å².